The molecule has 1 heterocycles. The Kier molecular flexibility index (Phi) is 9.16. The second-order valence-electron chi connectivity index (χ2n) is 8.13. The first-order chi connectivity index (χ1) is 17.1. The van der Waals surface area contributed by atoms with Crippen molar-refractivity contribution >= 4 is 27.6 Å². The number of rotatable bonds is 12. The van der Waals surface area contributed by atoms with E-state index in [1.165, 1.54) is 6.26 Å². The summed E-state index contributed by atoms with van der Waals surface area (Å²) in [5.74, 6) is -0.401. The van der Waals surface area contributed by atoms with E-state index in [4.69, 9.17) is 4.74 Å². The predicted octanol–water partition coefficient (Wildman–Crippen LogP) is 4.65. The number of sulfone groups is 1. The highest BCUT2D eigenvalue weighted by molar-refractivity contribution is 7.98. The number of benzene rings is 2. The van der Waals surface area contributed by atoms with Crippen LogP contribution in [0, 0.1) is 17.0 Å². The summed E-state index contributed by atoms with van der Waals surface area (Å²) in [4.78, 5) is 28.3. The summed E-state index contributed by atoms with van der Waals surface area (Å²) < 4.78 is 31.1. The molecule has 11 heteroatoms. The first kappa shape index (κ1) is 27.3. The van der Waals surface area contributed by atoms with Crippen LogP contribution >= 0.6 is 11.8 Å². The van der Waals surface area contributed by atoms with Crippen LogP contribution in [0.4, 0.5) is 0 Å². The van der Waals surface area contributed by atoms with Crippen LogP contribution in [0.25, 0.3) is 16.9 Å². The van der Waals surface area contributed by atoms with Crippen LogP contribution < -0.4 is 0 Å². The van der Waals surface area contributed by atoms with Gasteiger partial charge < -0.3 is 14.1 Å². The van der Waals surface area contributed by atoms with Gasteiger partial charge in [-0.1, -0.05) is 12.1 Å². The molecular weight excluding hydrogens is 504 g/mol. The van der Waals surface area contributed by atoms with Crippen molar-refractivity contribution in [2.75, 3.05) is 25.7 Å². The zero-order valence-corrected chi connectivity index (χ0v) is 21.9. The van der Waals surface area contributed by atoms with Crippen molar-refractivity contribution < 1.29 is 27.9 Å². The van der Waals surface area contributed by atoms with Crippen molar-refractivity contribution in [2.45, 2.75) is 36.0 Å². The smallest absolute Gasteiger partial charge is 0.310 e. The summed E-state index contributed by atoms with van der Waals surface area (Å²) in [5, 5.41) is 9.32. The topological polar surface area (TPSA) is 118 Å². The highest BCUT2D eigenvalue weighted by Crippen LogP contribution is 2.31. The molecule has 0 saturated heterocycles. The minimum atomic E-state index is -3.32. The summed E-state index contributed by atoms with van der Waals surface area (Å²) in [6.45, 7) is 2.04. The third-order valence-electron chi connectivity index (χ3n) is 5.59. The Morgan fingerprint density at radius 2 is 1.69 bits per heavy atom. The van der Waals surface area contributed by atoms with Crippen LogP contribution in [-0.2, 0) is 30.6 Å². The Morgan fingerprint density at radius 3 is 2.28 bits per heavy atom. The van der Waals surface area contributed by atoms with Crippen molar-refractivity contribution in [3.05, 3.63) is 76.0 Å². The van der Waals surface area contributed by atoms with Crippen LogP contribution in [0.1, 0.15) is 24.1 Å². The van der Waals surface area contributed by atoms with E-state index in [-0.39, 0.29) is 24.5 Å². The first-order valence-corrected chi connectivity index (χ1v) is 14.3. The van der Waals surface area contributed by atoms with Gasteiger partial charge in [-0.05, 0) is 79.6 Å². The first-order valence-electron chi connectivity index (χ1n) is 11.2. The maximum Gasteiger partial charge on any atom is 0.310 e. The van der Waals surface area contributed by atoms with Gasteiger partial charge in [-0.3, -0.25) is 4.79 Å². The van der Waals surface area contributed by atoms with E-state index >= 15 is 0 Å². The van der Waals surface area contributed by atoms with E-state index < -0.39 is 20.9 Å². The molecule has 9 nitrogen and oxygen atoms in total. The van der Waals surface area contributed by atoms with Crippen LogP contribution in [0.15, 0.2) is 64.4 Å². The minimum absolute atomic E-state index is 0.0384. The fourth-order valence-corrected chi connectivity index (χ4v) is 4.76. The monoisotopic (exact) mass is 532 g/mol. The fourth-order valence-electron chi connectivity index (χ4n) is 3.72. The lowest BCUT2D eigenvalue weighted by molar-refractivity contribution is -0.757. The lowest BCUT2D eigenvalue weighted by atomic mass is 10.1. The second-order valence-corrected chi connectivity index (χ2v) is 11.0. The van der Waals surface area contributed by atoms with Gasteiger partial charge in [0.2, 0.25) is 0 Å². The summed E-state index contributed by atoms with van der Waals surface area (Å²) in [6, 6.07) is 16.6. The summed E-state index contributed by atoms with van der Waals surface area (Å²) in [7, 11) is -3.32. The molecule has 36 heavy (non-hydrogen) atoms. The third-order valence-corrected chi connectivity index (χ3v) is 7.47. The SMILES string of the molecule is CSc1ccc(-n2c(-c3ccc(S(C)(=O)=O)cc3)cc(CC(=O)OCCCCO[N+](=O)[O-])c2C)cc1. The summed E-state index contributed by atoms with van der Waals surface area (Å²) >= 11 is 1.64. The molecule has 0 N–H and O–H groups in total. The minimum Gasteiger partial charge on any atom is -0.465 e. The van der Waals surface area contributed by atoms with Gasteiger partial charge >= 0.3 is 5.97 Å². The molecule has 0 aliphatic rings. The molecule has 0 atom stereocenters. The molecule has 0 bridgehead atoms. The van der Waals surface area contributed by atoms with Gasteiger partial charge in [0.15, 0.2) is 9.84 Å². The molecule has 0 radical (unpaired) electrons. The average Bonchev–Trinajstić information content (AvgIpc) is 3.16. The largest absolute Gasteiger partial charge is 0.465 e. The number of nitrogens with zero attached hydrogens (tertiary/aromatic N) is 2. The predicted molar refractivity (Wildman–Crippen MR) is 138 cm³/mol. The highest BCUT2D eigenvalue weighted by atomic mass is 32.2. The molecular formula is C25H28N2O7S2. The van der Waals surface area contributed by atoms with E-state index in [1.807, 2.05) is 48.1 Å². The van der Waals surface area contributed by atoms with Gasteiger partial charge in [0.1, 0.15) is 0 Å². The molecule has 3 aromatic rings. The lowest BCUT2D eigenvalue weighted by Gasteiger charge is -2.13. The van der Waals surface area contributed by atoms with E-state index in [9.17, 15) is 23.3 Å². The molecule has 192 valence electrons. The third kappa shape index (κ3) is 7.11. The number of aromatic nitrogens is 1. The van der Waals surface area contributed by atoms with Gasteiger partial charge in [-0.25, -0.2) is 8.42 Å². The number of hydrogen-bond donors (Lipinski definition) is 0. The standard InChI is InChI=1S/C25H28N2O7S2/c1-18-20(17-25(28)33-14-4-5-15-34-27(29)30)16-24(19-6-12-23(13-7-19)36(3,31)32)26(18)21-8-10-22(35-2)11-9-21/h6-13,16H,4-5,14-15,17H2,1-3H3. The number of unbranched alkanes of at least 4 members (excludes halogenated alkanes) is 1. The van der Waals surface area contributed by atoms with Crippen molar-refractivity contribution in [1.29, 1.82) is 0 Å². The zero-order chi connectivity index (χ0) is 26.3. The van der Waals surface area contributed by atoms with E-state index in [2.05, 4.69) is 4.84 Å². The Bertz CT molecular complexity index is 1320. The van der Waals surface area contributed by atoms with E-state index in [0.717, 1.165) is 33.1 Å². The number of ether oxygens (including phenoxy) is 1. The Hall–Kier alpha value is -3.31. The van der Waals surface area contributed by atoms with Crippen LogP contribution in [0.2, 0.25) is 0 Å². The lowest BCUT2D eigenvalue weighted by Crippen LogP contribution is -2.11. The zero-order valence-electron chi connectivity index (χ0n) is 20.3. The number of carbonyl (C=O) groups excluding carboxylic acids is 1. The number of hydrogen-bond acceptors (Lipinski definition) is 8. The number of thioether (sulfide) groups is 1. The van der Waals surface area contributed by atoms with Crippen molar-refractivity contribution in [3.8, 4) is 16.9 Å². The number of esters is 1. The molecule has 0 amide bonds. The van der Waals surface area contributed by atoms with Crippen LogP contribution in [0.5, 0.6) is 0 Å². The van der Waals surface area contributed by atoms with Crippen molar-refractivity contribution in [3.63, 3.8) is 0 Å². The Morgan fingerprint density at radius 1 is 1.06 bits per heavy atom. The average molecular weight is 533 g/mol. The van der Waals surface area contributed by atoms with Gasteiger partial charge in [0.25, 0.3) is 5.09 Å². The van der Waals surface area contributed by atoms with Gasteiger partial charge in [0.05, 0.1) is 30.2 Å². The Balaban J connectivity index is 1.85. The maximum atomic E-state index is 12.5. The Labute approximate surface area is 214 Å². The van der Waals surface area contributed by atoms with Crippen LogP contribution in [0.3, 0.4) is 0 Å². The fraction of sp³-hybridized carbons (Fsp3) is 0.320. The molecule has 0 fully saturated rings. The molecule has 2 aromatic carbocycles. The van der Waals surface area contributed by atoms with Gasteiger partial charge in [0, 0.05) is 22.5 Å². The molecule has 0 aliphatic heterocycles. The molecule has 0 unspecified atom stereocenters. The van der Waals surface area contributed by atoms with Gasteiger partial charge in [-0.15, -0.1) is 21.9 Å². The van der Waals surface area contributed by atoms with Gasteiger partial charge in [-0.2, -0.15) is 0 Å². The summed E-state index contributed by atoms with van der Waals surface area (Å²) in [6.07, 6.45) is 4.09. The second kappa shape index (κ2) is 12.1. The molecule has 0 saturated carbocycles. The normalized spacial score (nSPS) is 11.3. The molecule has 1 aromatic heterocycles. The van der Waals surface area contributed by atoms with Crippen molar-refractivity contribution in [2.24, 2.45) is 0 Å². The molecule has 0 aliphatic carbocycles. The van der Waals surface area contributed by atoms with Crippen LogP contribution in [-0.4, -0.2) is 49.8 Å². The maximum absolute atomic E-state index is 12.5. The number of carbonyl (C=O) groups is 1. The molecule has 0 spiro atoms. The van der Waals surface area contributed by atoms with E-state index in [1.54, 1.807) is 36.0 Å². The quantitative estimate of drug-likeness (QED) is 0.109. The summed E-state index contributed by atoms with van der Waals surface area (Å²) in [5.41, 5.74) is 4.20. The highest BCUT2D eigenvalue weighted by Gasteiger charge is 2.18. The van der Waals surface area contributed by atoms with Crippen molar-refractivity contribution in [1.82, 2.24) is 4.57 Å². The molecule has 3 rings (SSSR count). The van der Waals surface area contributed by atoms with E-state index in [0.29, 0.717) is 12.8 Å².